The molecule has 0 spiro atoms. The first-order valence-corrected chi connectivity index (χ1v) is 14.9. The zero-order valence-electron chi connectivity index (χ0n) is 21.6. The number of phosphoric ester groups is 1. The van der Waals surface area contributed by atoms with Crippen molar-refractivity contribution in [1.29, 1.82) is 0 Å². The molecular formula is C30H32Cl3O4P. The first kappa shape index (κ1) is 31.6. The molecule has 0 unspecified atom stereocenters. The van der Waals surface area contributed by atoms with Crippen molar-refractivity contribution in [1.82, 2.24) is 0 Å². The smallest absolute Gasteiger partial charge is 0.386 e. The van der Waals surface area contributed by atoms with Gasteiger partial charge in [-0.05, 0) is 55.7 Å². The van der Waals surface area contributed by atoms with Crippen LogP contribution in [-0.2, 0) is 4.57 Å². The van der Waals surface area contributed by atoms with Gasteiger partial charge in [-0.2, -0.15) is 4.57 Å². The van der Waals surface area contributed by atoms with Crippen LogP contribution in [0.5, 0.6) is 17.2 Å². The van der Waals surface area contributed by atoms with Crippen molar-refractivity contribution in [2.24, 2.45) is 0 Å². The Hall–Kier alpha value is -2.62. The summed E-state index contributed by atoms with van der Waals surface area (Å²) >= 11 is 15.9. The zero-order valence-corrected chi connectivity index (χ0v) is 24.8. The minimum absolute atomic E-state index is 0.0617. The molecule has 0 saturated heterocycles. The number of rotatable bonds is 8. The van der Waals surface area contributed by atoms with Crippen molar-refractivity contribution in [3.05, 3.63) is 126 Å². The minimum Gasteiger partial charge on any atom is -0.386 e. The van der Waals surface area contributed by atoms with E-state index in [0.717, 1.165) is 16.7 Å². The molecule has 0 fully saturated rings. The van der Waals surface area contributed by atoms with Gasteiger partial charge >= 0.3 is 7.82 Å². The summed E-state index contributed by atoms with van der Waals surface area (Å²) in [5.74, 6) is 2.24. The van der Waals surface area contributed by atoms with E-state index in [1.165, 1.54) is 0 Å². The number of hydrogen-bond acceptors (Lipinski definition) is 4. The van der Waals surface area contributed by atoms with E-state index >= 15 is 0 Å². The normalized spacial score (nSPS) is 10.4. The van der Waals surface area contributed by atoms with Gasteiger partial charge in [0, 0.05) is 11.8 Å². The number of benzene rings is 4. The summed E-state index contributed by atoms with van der Waals surface area (Å²) in [5.41, 5.74) is 2.53. The van der Waals surface area contributed by atoms with Gasteiger partial charge in [0.1, 0.15) is 17.2 Å². The number of phosphoric acid groups is 1. The molecule has 0 amide bonds. The average Bonchev–Trinajstić information content (AvgIpc) is 2.94. The zero-order chi connectivity index (χ0) is 27.8. The third-order valence-corrected chi connectivity index (χ3v) is 7.54. The minimum atomic E-state index is -3.97. The molecule has 4 rings (SSSR count). The van der Waals surface area contributed by atoms with Gasteiger partial charge in [-0.25, -0.2) is 0 Å². The van der Waals surface area contributed by atoms with Gasteiger partial charge in [-0.3, -0.25) is 0 Å². The topological polar surface area (TPSA) is 44.8 Å². The molecule has 4 aromatic rings. The second-order valence-corrected chi connectivity index (χ2v) is 10.8. The largest absolute Gasteiger partial charge is 0.647 e. The van der Waals surface area contributed by atoms with Crippen LogP contribution in [0.1, 0.15) is 16.7 Å². The third kappa shape index (κ3) is 11.4. The van der Waals surface area contributed by atoms with Crippen molar-refractivity contribution in [3.8, 4) is 17.2 Å². The molecular weight excluding hydrogens is 562 g/mol. The SMILES string of the molecule is Cc1ccccc1OP(=O)(Oc1ccccc1C)Oc1ccccc1C.ClCC(Cl)CCl.c1ccccc1. The number of para-hydroxylation sites is 3. The molecule has 0 bridgehead atoms. The Morgan fingerprint density at radius 1 is 0.553 bits per heavy atom. The van der Waals surface area contributed by atoms with Crippen molar-refractivity contribution in [2.45, 2.75) is 26.1 Å². The fraction of sp³-hybridized carbons (Fsp3) is 0.200. The molecule has 8 heteroatoms. The molecule has 0 saturated carbocycles. The van der Waals surface area contributed by atoms with E-state index in [-0.39, 0.29) is 5.38 Å². The predicted molar refractivity (Wildman–Crippen MR) is 161 cm³/mol. The molecule has 202 valence electrons. The van der Waals surface area contributed by atoms with Crippen molar-refractivity contribution >= 4 is 42.6 Å². The standard InChI is InChI=1S/C21H21O4P.C6H6.C3H5Cl3/c1-16-10-4-7-13-19(16)23-26(22,24-20-14-8-5-11-17(20)2)25-21-15-9-6-12-18(21)3;1-2-4-6-5-3-1;4-1-3(6)2-5/h4-15H,1-3H3;1-6H;3H,1-2H2. The monoisotopic (exact) mass is 592 g/mol. The van der Waals surface area contributed by atoms with Gasteiger partial charge < -0.3 is 13.6 Å². The van der Waals surface area contributed by atoms with Gasteiger partial charge in [-0.15, -0.1) is 34.8 Å². The molecule has 0 aliphatic rings. The summed E-state index contributed by atoms with van der Waals surface area (Å²) in [4.78, 5) is 0. The number of aryl methyl sites for hydroxylation is 3. The van der Waals surface area contributed by atoms with Gasteiger partial charge in [0.2, 0.25) is 0 Å². The molecule has 0 radical (unpaired) electrons. The Morgan fingerprint density at radius 2 is 0.816 bits per heavy atom. The van der Waals surface area contributed by atoms with Gasteiger partial charge in [-0.1, -0.05) is 91.0 Å². The highest BCUT2D eigenvalue weighted by atomic mass is 35.5. The van der Waals surface area contributed by atoms with Crippen LogP contribution < -0.4 is 13.6 Å². The van der Waals surface area contributed by atoms with Crippen LogP contribution in [0.4, 0.5) is 0 Å². The molecule has 4 nitrogen and oxygen atoms in total. The molecule has 4 aromatic carbocycles. The van der Waals surface area contributed by atoms with Crippen LogP contribution >= 0.6 is 42.6 Å². The van der Waals surface area contributed by atoms with Gasteiger partial charge in [0.25, 0.3) is 0 Å². The molecule has 0 atom stereocenters. The second-order valence-electron chi connectivity index (χ2n) is 8.08. The number of hydrogen-bond donors (Lipinski definition) is 0. The summed E-state index contributed by atoms with van der Waals surface area (Å²) < 4.78 is 30.8. The molecule has 0 heterocycles. The lowest BCUT2D eigenvalue weighted by atomic mass is 10.2. The Labute approximate surface area is 241 Å². The number of alkyl halides is 3. The van der Waals surface area contributed by atoms with Crippen LogP contribution in [0, 0.1) is 20.8 Å². The summed E-state index contributed by atoms with van der Waals surface area (Å²) in [6.07, 6.45) is 0. The lowest BCUT2D eigenvalue weighted by Crippen LogP contribution is -2.09. The van der Waals surface area contributed by atoms with E-state index in [2.05, 4.69) is 0 Å². The summed E-state index contributed by atoms with van der Waals surface area (Å²) in [7, 11) is -3.97. The molecule has 0 aromatic heterocycles. The first-order chi connectivity index (χ1) is 18.3. The van der Waals surface area contributed by atoms with Gasteiger partial charge in [0.05, 0.1) is 5.38 Å². The van der Waals surface area contributed by atoms with E-state index in [9.17, 15) is 4.57 Å². The maximum atomic E-state index is 13.5. The molecule has 0 N–H and O–H groups in total. The van der Waals surface area contributed by atoms with Crippen LogP contribution in [0.3, 0.4) is 0 Å². The average molecular weight is 594 g/mol. The fourth-order valence-corrected chi connectivity index (χ4v) is 4.60. The highest BCUT2D eigenvalue weighted by Gasteiger charge is 2.34. The van der Waals surface area contributed by atoms with Crippen LogP contribution in [0.15, 0.2) is 109 Å². The highest BCUT2D eigenvalue weighted by molar-refractivity contribution is 7.49. The van der Waals surface area contributed by atoms with Crippen molar-refractivity contribution in [2.75, 3.05) is 11.8 Å². The Morgan fingerprint density at radius 3 is 1.03 bits per heavy atom. The van der Waals surface area contributed by atoms with Gasteiger partial charge in [0.15, 0.2) is 0 Å². The van der Waals surface area contributed by atoms with E-state index < -0.39 is 7.82 Å². The molecule has 0 aliphatic heterocycles. The number of halogens is 3. The fourth-order valence-electron chi connectivity index (χ4n) is 2.82. The summed E-state index contributed by atoms with van der Waals surface area (Å²) in [5, 5.41) is -0.0617. The lowest BCUT2D eigenvalue weighted by Gasteiger charge is -2.21. The van der Waals surface area contributed by atoms with Crippen LogP contribution in [-0.4, -0.2) is 17.1 Å². The first-order valence-electron chi connectivity index (χ1n) is 11.9. The summed E-state index contributed by atoms with van der Waals surface area (Å²) in [6, 6.07) is 34.0. The van der Waals surface area contributed by atoms with E-state index in [1.807, 2.05) is 112 Å². The Kier molecular flexibility index (Phi) is 14.2. The van der Waals surface area contributed by atoms with Crippen LogP contribution in [0.25, 0.3) is 0 Å². The predicted octanol–water partition coefficient (Wildman–Crippen LogP) is 10.0. The quantitative estimate of drug-likeness (QED) is 0.151. The van der Waals surface area contributed by atoms with Crippen molar-refractivity contribution < 1.29 is 18.1 Å². The Bertz CT molecular complexity index is 1120. The van der Waals surface area contributed by atoms with Crippen LogP contribution in [0.2, 0.25) is 0 Å². The Balaban J connectivity index is 0.000000348. The maximum absolute atomic E-state index is 13.5. The second kappa shape index (κ2) is 17.1. The van der Waals surface area contributed by atoms with E-state index in [1.54, 1.807) is 18.2 Å². The third-order valence-electron chi connectivity index (χ3n) is 4.91. The van der Waals surface area contributed by atoms with E-state index in [4.69, 9.17) is 48.4 Å². The lowest BCUT2D eigenvalue weighted by molar-refractivity contribution is 0.296. The maximum Gasteiger partial charge on any atom is 0.647 e. The van der Waals surface area contributed by atoms with E-state index in [0.29, 0.717) is 29.0 Å². The van der Waals surface area contributed by atoms with Crippen molar-refractivity contribution in [3.63, 3.8) is 0 Å². The highest BCUT2D eigenvalue weighted by Crippen LogP contribution is 2.51. The molecule has 0 aliphatic carbocycles. The summed E-state index contributed by atoms with van der Waals surface area (Å²) in [6.45, 7) is 5.63. The molecule has 38 heavy (non-hydrogen) atoms.